The molecule has 1 aliphatic heterocycles. The number of rotatable bonds is 3. The number of piperidine rings is 1. The van der Waals surface area contributed by atoms with Crippen LogP contribution in [0.1, 0.15) is 25.8 Å². The molecule has 0 saturated carbocycles. The quantitative estimate of drug-likeness (QED) is 0.884. The van der Waals surface area contributed by atoms with Crippen molar-refractivity contribution in [3.63, 3.8) is 0 Å². The first-order valence-electron chi connectivity index (χ1n) is 7.28. The van der Waals surface area contributed by atoms with Crippen LogP contribution in [0.2, 0.25) is 0 Å². The molecule has 1 aromatic rings. The molecular weight excluding hydrogens is 252 g/mol. The van der Waals surface area contributed by atoms with E-state index in [1.165, 1.54) is 6.42 Å². The number of phenols is 1. The van der Waals surface area contributed by atoms with Crippen molar-refractivity contribution in [2.45, 2.75) is 32.7 Å². The van der Waals surface area contributed by atoms with E-state index in [2.05, 4.69) is 13.8 Å². The van der Waals surface area contributed by atoms with E-state index >= 15 is 0 Å². The van der Waals surface area contributed by atoms with Gasteiger partial charge in [-0.1, -0.05) is 26.0 Å². The number of benzene rings is 1. The highest BCUT2D eigenvalue weighted by molar-refractivity contribution is 5.82. The normalized spacial score (nSPS) is 24.4. The van der Waals surface area contributed by atoms with Crippen molar-refractivity contribution in [3.8, 4) is 5.75 Å². The number of hydrogen-bond donors (Lipinski definition) is 2. The molecule has 4 nitrogen and oxygen atoms in total. The van der Waals surface area contributed by atoms with Gasteiger partial charge in [0, 0.05) is 13.1 Å². The van der Waals surface area contributed by atoms with E-state index in [1.54, 1.807) is 12.1 Å². The Morgan fingerprint density at radius 2 is 1.85 bits per heavy atom. The zero-order valence-electron chi connectivity index (χ0n) is 12.2. The topological polar surface area (TPSA) is 66.6 Å². The number of amides is 1. The van der Waals surface area contributed by atoms with Crippen molar-refractivity contribution >= 4 is 5.91 Å². The summed E-state index contributed by atoms with van der Waals surface area (Å²) in [6, 6.07) is 6.36. The van der Waals surface area contributed by atoms with Crippen LogP contribution in [0.25, 0.3) is 0 Å². The third kappa shape index (κ3) is 3.73. The van der Waals surface area contributed by atoms with Crippen LogP contribution in [0, 0.1) is 11.8 Å². The second-order valence-electron chi connectivity index (χ2n) is 6.17. The molecule has 1 fully saturated rings. The van der Waals surface area contributed by atoms with E-state index in [0.717, 1.165) is 18.7 Å². The predicted octanol–water partition coefficient (Wildman–Crippen LogP) is 1.77. The summed E-state index contributed by atoms with van der Waals surface area (Å²) in [5, 5.41) is 9.26. The predicted molar refractivity (Wildman–Crippen MR) is 79.3 cm³/mol. The monoisotopic (exact) mass is 276 g/mol. The van der Waals surface area contributed by atoms with Crippen molar-refractivity contribution in [3.05, 3.63) is 29.8 Å². The highest BCUT2D eigenvalue weighted by Crippen LogP contribution is 2.21. The molecule has 4 heteroatoms. The fourth-order valence-corrected chi connectivity index (χ4v) is 3.05. The van der Waals surface area contributed by atoms with Crippen LogP contribution in [0.5, 0.6) is 5.75 Å². The van der Waals surface area contributed by atoms with Gasteiger partial charge in [-0.3, -0.25) is 4.79 Å². The molecule has 2 unspecified atom stereocenters. The first-order valence-corrected chi connectivity index (χ1v) is 7.28. The molecule has 20 heavy (non-hydrogen) atoms. The zero-order chi connectivity index (χ0) is 14.7. The fourth-order valence-electron chi connectivity index (χ4n) is 3.05. The van der Waals surface area contributed by atoms with Gasteiger partial charge in [0.25, 0.3) is 0 Å². The molecule has 0 radical (unpaired) electrons. The summed E-state index contributed by atoms with van der Waals surface area (Å²) in [5.74, 6) is 1.36. The van der Waals surface area contributed by atoms with Gasteiger partial charge >= 0.3 is 0 Å². The van der Waals surface area contributed by atoms with Crippen molar-refractivity contribution < 1.29 is 9.90 Å². The van der Waals surface area contributed by atoms with Crippen LogP contribution < -0.4 is 5.73 Å². The van der Waals surface area contributed by atoms with Crippen molar-refractivity contribution in [1.29, 1.82) is 0 Å². The van der Waals surface area contributed by atoms with E-state index in [0.29, 0.717) is 18.3 Å². The molecule has 1 heterocycles. The Bertz CT molecular complexity index is 448. The zero-order valence-corrected chi connectivity index (χ0v) is 12.2. The number of nitrogens with two attached hydrogens (primary N) is 1. The van der Waals surface area contributed by atoms with Gasteiger partial charge in [-0.15, -0.1) is 0 Å². The molecule has 2 rings (SSSR count). The van der Waals surface area contributed by atoms with Gasteiger partial charge in [0.05, 0.1) is 6.04 Å². The summed E-state index contributed by atoms with van der Waals surface area (Å²) in [5.41, 5.74) is 7.03. The highest BCUT2D eigenvalue weighted by Gasteiger charge is 2.28. The lowest BCUT2D eigenvalue weighted by molar-refractivity contribution is -0.135. The Labute approximate surface area is 120 Å². The number of carbonyl (C=O) groups is 1. The largest absolute Gasteiger partial charge is 0.508 e. The first kappa shape index (κ1) is 14.9. The Morgan fingerprint density at radius 3 is 2.40 bits per heavy atom. The molecule has 3 atom stereocenters. The maximum atomic E-state index is 12.4. The minimum absolute atomic E-state index is 0.0384. The van der Waals surface area contributed by atoms with Crippen molar-refractivity contribution in [2.24, 2.45) is 17.6 Å². The number of carbonyl (C=O) groups excluding carboxylic acids is 1. The summed E-state index contributed by atoms with van der Waals surface area (Å²) < 4.78 is 0. The van der Waals surface area contributed by atoms with Gasteiger partial charge in [-0.2, -0.15) is 0 Å². The van der Waals surface area contributed by atoms with Gasteiger partial charge in [0.2, 0.25) is 5.91 Å². The molecule has 110 valence electrons. The van der Waals surface area contributed by atoms with Crippen LogP contribution in [0.4, 0.5) is 0 Å². The number of hydrogen-bond acceptors (Lipinski definition) is 3. The average molecular weight is 276 g/mol. The Kier molecular flexibility index (Phi) is 4.65. The van der Waals surface area contributed by atoms with E-state index in [4.69, 9.17) is 5.73 Å². The highest BCUT2D eigenvalue weighted by atomic mass is 16.3. The van der Waals surface area contributed by atoms with Gasteiger partial charge in [-0.05, 0) is 42.4 Å². The molecule has 0 aliphatic carbocycles. The standard InChI is InChI=1S/C16H24N2O2/c1-11-7-12(2)10-18(9-11)16(20)15(17)8-13-3-5-14(19)6-4-13/h3-6,11-12,15,19H,7-10,17H2,1-2H3/t11?,12?,15-/m1/s1. The second kappa shape index (κ2) is 6.27. The summed E-state index contributed by atoms with van der Waals surface area (Å²) in [7, 11) is 0. The molecule has 1 amide bonds. The minimum Gasteiger partial charge on any atom is -0.508 e. The Hall–Kier alpha value is -1.55. The Balaban J connectivity index is 1.96. The van der Waals surface area contributed by atoms with E-state index in [1.807, 2.05) is 17.0 Å². The summed E-state index contributed by atoms with van der Waals surface area (Å²) in [6.45, 7) is 5.99. The lowest BCUT2D eigenvalue weighted by Crippen LogP contribution is -2.50. The molecule has 3 N–H and O–H groups in total. The Morgan fingerprint density at radius 1 is 1.30 bits per heavy atom. The molecule has 0 spiro atoms. The number of phenolic OH excluding ortho intramolecular Hbond substituents is 1. The van der Waals surface area contributed by atoms with Crippen molar-refractivity contribution in [2.75, 3.05) is 13.1 Å². The molecule has 1 saturated heterocycles. The first-order chi connectivity index (χ1) is 9.45. The van der Waals surface area contributed by atoms with Gasteiger partial charge in [-0.25, -0.2) is 0 Å². The van der Waals surface area contributed by atoms with Crippen LogP contribution in [0.3, 0.4) is 0 Å². The van der Waals surface area contributed by atoms with E-state index in [-0.39, 0.29) is 11.7 Å². The summed E-state index contributed by atoms with van der Waals surface area (Å²) >= 11 is 0. The molecule has 1 aromatic carbocycles. The van der Waals surface area contributed by atoms with Crippen LogP contribution in [-0.4, -0.2) is 35.0 Å². The maximum absolute atomic E-state index is 12.4. The molecule has 1 aliphatic rings. The third-order valence-electron chi connectivity index (χ3n) is 3.89. The van der Waals surface area contributed by atoms with Gasteiger partial charge in [0.1, 0.15) is 5.75 Å². The number of aromatic hydroxyl groups is 1. The smallest absolute Gasteiger partial charge is 0.239 e. The lowest BCUT2D eigenvalue weighted by Gasteiger charge is -2.36. The SMILES string of the molecule is CC1CC(C)CN(C(=O)[C@H](N)Cc2ccc(O)cc2)C1. The third-order valence-corrected chi connectivity index (χ3v) is 3.89. The van der Waals surface area contributed by atoms with Gasteiger partial charge < -0.3 is 15.7 Å². The van der Waals surface area contributed by atoms with Gasteiger partial charge in [0.15, 0.2) is 0 Å². The minimum atomic E-state index is -0.503. The number of likely N-dealkylation sites (tertiary alicyclic amines) is 1. The summed E-state index contributed by atoms with van der Waals surface area (Å²) in [4.78, 5) is 14.3. The van der Waals surface area contributed by atoms with Crippen LogP contribution >= 0.6 is 0 Å². The average Bonchev–Trinajstić information content (AvgIpc) is 2.39. The molecule has 0 bridgehead atoms. The molecule has 0 aromatic heterocycles. The lowest BCUT2D eigenvalue weighted by atomic mass is 9.91. The van der Waals surface area contributed by atoms with E-state index in [9.17, 15) is 9.90 Å². The summed E-state index contributed by atoms with van der Waals surface area (Å²) in [6.07, 6.45) is 1.69. The number of nitrogens with zero attached hydrogens (tertiary/aromatic N) is 1. The second-order valence-corrected chi connectivity index (χ2v) is 6.17. The maximum Gasteiger partial charge on any atom is 0.239 e. The molecular formula is C16H24N2O2. The van der Waals surface area contributed by atoms with E-state index < -0.39 is 6.04 Å². The fraction of sp³-hybridized carbons (Fsp3) is 0.562. The van der Waals surface area contributed by atoms with Crippen molar-refractivity contribution in [1.82, 2.24) is 4.90 Å². The van der Waals surface area contributed by atoms with Crippen LogP contribution in [-0.2, 0) is 11.2 Å². The van der Waals surface area contributed by atoms with Crippen LogP contribution in [0.15, 0.2) is 24.3 Å².